The molecule has 1 N–H and O–H groups in total. The van der Waals surface area contributed by atoms with E-state index >= 15 is 0 Å². The molecule has 5 nitrogen and oxygen atoms in total. The van der Waals surface area contributed by atoms with E-state index in [1.54, 1.807) is 0 Å². The lowest BCUT2D eigenvalue weighted by Gasteiger charge is -2.33. The number of rotatable bonds is 4. The van der Waals surface area contributed by atoms with Gasteiger partial charge in [0.1, 0.15) is 5.04 Å². The van der Waals surface area contributed by atoms with Crippen molar-refractivity contribution < 1.29 is 4.79 Å². The monoisotopic (exact) mass is 406 g/mol. The van der Waals surface area contributed by atoms with Gasteiger partial charge in [-0.15, -0.1) is 0 Å². The Hall–Kier alpha value is -2.44. The normalized spacial score (nSPS) is 18.4. The number of piperidine rings is 1. The van der Waals surface area contributed by atoms with Gasteiger partial charge in [-0.3, -0.25) is 9.79 Å². The molecule has 1 spiro atoms. The molecule has 4 rings (SSSR count). The number of nitrogens with zero attached hydrogens (tertiary/aromatic N) is 3. The number of anilines is 1. The fourth-order valence-corrected chi connectivity index (χ4v) is 4.54. The Morgan fingerprint density at radius 2 is 1.86 bits per heavy atom. The van der Waals surface area contributed by atoms with Crippen molar-refractivity contribution in [2.24, 2.45) is 9.98 Å². The molecule has 2 aliphatic rings. The molecule has 0 aromatic heterocycles. The zero-order chi connectivity index (χ0) is 20.3. The number of hydrogen-bond acceptors (Lipinski definition) is 5. The minimum Gasteiger partial charge on any atom is -0.325 e. The molecule has 1 saturated heterocycles. The molecular formula is C23H26N4OS. The van der Waals surface area contributed by atoms with Gasteiger partial charge >= 0.3 is 0 Å². The van der Waals surface area contributed by atoms with Gasteiger partial charge in [0.2, 0.25) is 5.91 Å². The first-order chi connectivity index (χ1) is 14.0. The van der Waals surface area contributed by atoms with E-state index in [-0.39, 0.29) is 11.6 Å². The highest BCUT2D eigenvalue weighted by Gasteiger charge is 2.39. The number of aliphatic imine (C=N–C) groups is 2. The molecule has 0 atom stereocenters. The van der Waals surface area contributed by atoms with Crippen LogP contribution in [0.2, 0.25) is 0 Å². The maximum Gasteiger partial charge on any atom is 0.234 e. The second-order valence-electron chi connectivity index (χ2n) is 7.74. The molecule has 0 unspecified atom stereocenters. The second kappa shape index (κ2) is 8.51. The zero-order valence-corrected chi connectivity index (χ0v) is 17.7. The molecule has 2 aliphatic heterocycles. The van der Waals surface area contributed by atoms with E-state index in [9.17, 15) is 4.79 Å². The molecule has 1 amide bonds. The second-order valence-corrected chi connectivity index (χ2v) is 8.70. The number of hydrogen-bond donors (Lipinski definition) is 1. The van der Waals surface area contributed by atoms with Crippen molar-refractivity contribution in [3.05, 3.63) is 65.7 Å². The van der Waals surface area contributed by atoms with Gasteiger partial charge in [-0.2, -0.15) is 0 Å². The highest BCUT2D eigenvalue weighted by molar-refractivity contribution is 8.16. The number of likely N-dealkylation sites (tertiary alicyclic amines) is 1. The van der Waals surface area contributed by atoms with Crippen LogP contribution in [0.3, 0.4) is 0 Å². The lowest BCUT2D eigenvalue weighted by Crippen LogP contribution is -2.39. The summed E-state index contributed by atoms with van der Waals surface area (Å²) in [7, 11) is 2.14. The van der Waals surface area contributed by atoms with Crippen LogP contribution in [-0.2, 0) is 4.79 Å². The molecule has 0 saturated carbocycles. The fraction of sp³-hybridized carbons (Fsp3) is 0.348. The first-order valence-corrected chi connectivity index (χ1v) is 10.9. The molecule has 0 aliphatic carbocycles. The van der Waals surface area contributed by atoms with Gasteiger partial charge < -0.3 is 10.2 Å². The maximum atomic E-state index is 12.5. The number of nitrogens with one attached hydrogen (secondary N) is 1. The van der Waals surface area contributed by atoms with Crippen LogP contribution in [0.15, 0.2) is 64.6 Å². The van der Waals surface area contributed by atoms with Crippen LogP contribution in [0.1, 0.15) is 24.0 Å². The summed E-state index contributed by atoms with van der Waals surface area (Å²) in [5.41, 5.74) is 3.57. The predicted molar refractivity (Wildman–Crippen MR) is 122 cm³/mol. The topological polar surface area (TPSA) is 57.1 Å². The van der Waals surface area contributed by atoms with Crippen molar-refractivity contribution in [3.63, 3.8) is 0 Å². The molecule has 0 bridgehead atoms. The smallest absolute Gasteiger partial charge is 0.234 e. The van der Waals surface area contributed by atoms with Crippen LogP contribution in [0.4, 0.5) is 5.69 Å². The summed E-state index contributed by atoms with van der Waals surface area (Å²) in [4.78, 5) is 24.9. The number of thioether (sulfide) groups is 1. The van der Waals surface area contributed by atoms with Crippen molar-refractivity contribution in [2.45, 2.75) is 25.4 Å². The van der Waals surface area contributed by atoms with Crippen LogP contribution in [-0.4, -0.2) is 53.1 Å². The van der Waals surface area contributed by atoms with Crippen molar-refractivity contribution in [1.29, 1.82) is 0 Å². The summed E-state index contributed by atoms with van der Waals surface area (Å²) < 4.78 is 0. The third-order valence-electron chi connectivity index (χ3n) is 5.31. The van der Waals surface area contributed by atoms with Gasteiger partial charge in [0.05, 0.1) is 11.5 Å². The molecular weight excluding hydrogens is 380 g/mol. The van der Waals surface area contributed by atoms with Gasteiger partial charge in [0, 0.05) is 37.2 Å². The van der Waals surface area contributed by atoms with Crippen LogP contribution in [0.5, 0.6) is 0 Å². The van der Waals surface area contributed by atoms with E-state index in [1.807, 2.05) is 49.4 Å². The Labute approximate surface area is 176 Å². The molecule has 2 aromatic carbocycles. The first kappa shape index (κ1) is 19.9. The standard InChI is InChI=1S/C23H26N4OS/c1-17-7-6-10-19(15-17)24-20(28)16-29-22-21(18-8-4-3-5-9-18)25-23(26-22)11-13-27(2)14-12-23/h3-10,15H,11-14,16H2,1-2H3,(H,24,28). The van der Waals surface area contributed by atoms with E-state index in [2.05, 4.69) is 29.4 Å². The highest BCUT2D eigenvalue weighted by atomic mass is 32.2. The number of carbonyl (C=O) groups excluding carboxylic acids is 1. The van der Waals surface area contributed by atoms with Gasteiger partial charge in [-0.05, 0) is 31.7 Å². The van der Waals surface area contributed by atoms with Gasteiger partial charge in [-0.1, -0.05) is 54.2 Å². The molecule has 150 valence electrons. The van der Waals surface area contributed by atoms with Gasteiger partial charge in [0.15, 0.2) is 5.66 Å². The van der Waals surface area contributed by atoms with E-state index in [1.165, 1.54) is 11.8 Å². The quantitative estimate of drug-likeness (QED) is 0.835. The van der Waals surface area contributed by atoms with Crippen LogP contribution < -0.4 is 5.32 Å². The Morgan fingerprint density at radius 3 is 2.59 bits per heavy atom. The van der Waals surface area contributed by atoms with Gasteiger partial charge in [0.25, 0.3) is 0 Å². The van der Waals surface area contributed by atoms with Crippen LogP contribution in [0.25, 0.3) is 0 Å². The average Bonchev–Trinajstić information content (AvgIpc) is 3.08. The Morgan fingerprint density at radius 1 is 1.10 bits per heavy atom. The largest absolute Gasteiger partial charge is 0.325 e. The van der Waals surface area contributed by atoms with Crippen molar-refractivity contribution in [3.8, 4) is 0 Å². The molecule has 2 aromatic rings. The number of aryl methyl sites for hydroxylation is 1. The third-order valence-corrected chi connectivity index (χ3v) is 6.27. The van der Waals surface area contributed by atoms with Crippen molar-refractivity contribution in [1.82, 2.24) is 4.90 Å². The summed E-state index contributed by atoms with van der Waals surface area (Å²) in [5.74, 6) is 0.286. The summed E-state index contributed by atoms with van der Waals surface area (Å²) >= 11 is 1.48. The Kier molecular flexibility index (Phi) is 5.83. The fourth-order valence-electron chi connectivity index (χ4n) is 3.66. The number of amides is 1. The molecule has 1 fully saturated rings. The number of benzene rings is 2. The molecule has 29 heavy (non-hydrogen) atoms. The Balaban J connectivity index is 1.49. The summed E-state index contributed by atoms with van der Waals surface area (Å²) in [6, 6.07) is 18.0. The molecule has 0 radical (unpaired) electrons. The number of carbonyl (C=O) groups is 1. The SMILES string of the molecule is Cc1cccc(NC(=O)CSC2=NC3(CCN(C)CC3)N=C2c2ccccc2)c1. The van der Waals surface area contributed by atoms with E-state index in [0.717, 1.165) is 53.5 Å². The van der Waals surface area contributed by atoms with Gasteiger partial charge in [-0.25, -0.2) is 4.99 Å². The molecule has 2 heterocycles. The van der Waals surface area contributed by atoms with Crippen LogP contribution >= 0.6 is 11.8 Å². The lowest BCUT2D eigenvalue weighted by molar-refractivity contribution is -0.113. The minimum absolute atomic E-state index is 0.0277. The minimum atomic E-state index is -0.368. The third kappa shape index (κ3) is 4.77. The summed E-state index contributed by atoms with van der Waals surface area (Å²) in [6.07, 6.45) is 1.83. The highest BCUT2D eigenvalue weighted by Crippen LogP contribution is 2.35. The van der Waals surface area contributed by atoms with Crippen LogP contribution in [0, 0.1) is 6.92 Å². The predicted octanol–water partition coefficient (Wildman–Crippen LogP) is 3.99. The maximum absolute atomic E-state index is 12.5. The Bertz CT molecular complexity index is 946. The van der Waals surface area contributed by atoms with Crippen molar-refractivity contribution >= 4 is 34.1 Å². The van der Waals surface area contributed by atoms with E-state index < -0.39 is 0 Å². The van der Waals surface area contributed by atoms with E-state index in [0.29, 0.717) is 5.75 Å². The summed E-state index contributed by atoms with van der Waals surface area (Å²) in [6.45, 7) is 3.99. The van der Waals surface area contributed by atoms with E-state index in [4.69, 9.17) is 9.98 Å². The lowest BCUT2D eigenvalue weighted by atomic mass is 9.99. The first-order valence-electron chi connectivity index (χ1n) is 9.96. The zero-order valence-electron chi connectivity index (χ0n) is 16.9. The van der Waals surface area contributed by atoms with Crippen molar-refractivity contribution in [2.75, 3.05) is 31.2 Å². The average molecular weight is 407 g/mol. The molecule has 6 heteroatoms. The summed E-state index contributed by atoms with van der Waals surface area (Å²) in [5, 5.41) is 3.85.